The van der Waals surface area contributed by atoms with Crippen molar-refractivity contribution in [2.45, 2.75) is 68.4 Å². The molecule has 0 spiro atoms. The Morgan fingerprint density at radius 1 is 1.11 bits per heavy atom. The fourth-order valence-electron chi connectivity index (χ4n) is 4.30. The Hall–Kier alpha value is -1.94. The Balaban J connectivity index is 1.49. The third-order valence-corrected chi connectivity index (χ3v) is 6.99. The number of esters is 1. The number of anilines is 2. The number of benzene rings is 2. The number of carbonyl (C=O) groups excluding carboxylic acids is 1. The van der Waals surface area contributed by atoms with E-state index >= 15 is 0 Å². The molecule has 0 unspecified atom stereocenters. The van der Waals surface area contributed by atoms with Gasteiger partial charge in [0.05, 0.1) is 13.0 Å². The van der Waals surface area contributed by atoms with Gasteiger partial charge in [0, 0.05) is 21.5 Å². The summed E-state index contributed by atoms with van der Waals surface area (Å²) in [7, 11) is 0. The smallest absolute Gasteiger partial charge is 0.310 e. The first kappa shape index (κ1) is 19.4. The summed E-state index contributed by atoms with van der Waals surface area (Å²) < 4.78 is 5.03. The maximum atomic E-state index is 11.7. The number of nitrogens with one attached hydrogen (secondary N) is 1. The zero-order chi connectivity index (χ0) is 19.3. The molecule has 0 atom stereocenters. The van der Waals surface area contributed by atoms with Gasteiger partial charge in [-0.15, -0.1) is 11.8 Å². The number of hydrogen-bond acceptors (Lipinski definition) is 4. The third kappa shape index (κ3) is 4.72. The first-order valence-electron chi connectivity index (χ1n) is 10.6. The van der Waals surface area contributed by atoms with E-state index in [1.165, 1.54) is 60.2 Å². The van der Waals surface area contributed by atoms with Gasteiger partial charge in [-0.3, -0.25) is 4.79 Å². The molecular formula is C24H29NO2S. The predicted octanol–water partition coefficient (Wildman–Crippen LogP) is 6.06. The molecule has 1 saturated carbocycles. The molecule has 0 aliphatic heterocycles. The van der Waals surface area contributed by atoms with Crippen LogP contribution in [0.15, 0.2) is 41.3 Å². The Morgan fingerprint density at radius 2 is 1.89 bits per heavy atom. The Kier molecular flexibility index (Phi) is 6.26. The maximum Gasteiger partial charge on any atom is 0.310 e. The second-order valence-corrected chi connectivity index (χ2v) is 9.16. The normalized spacial score (nSPS) is 16.2. The van der Waals surface area contributed by atoms with Crippen molar-refractivity contribution in [3.8, 4) is 0 Å². The molecule has 1 fully saturated rings. The first-order chi connectivity index (χ1) is 13.7. The highest BCUT2D eigenvalue weighted by molar-refractivity contribution is 8.00. The lowest BCUT2D eigenvalue weighted by Crippen LogP contribution is -2.07. The molecule has 4 rings (SSSR count). The minimum atomic E-state index is -0.169. The summed E-state index contributed by atoms with van der Waals surface area (Å²) >= 11 is 2.06. The van der Waals surface area contributed by atoms with Gasteiger partial charge in [0.1, 0.15) is 0 Å². The van der Waals surface area contributed by atoms with E-state index < -0.39 is 0 Å². The highest BCUT2D eigenvalue weighted by atomic mass is 32.2. The topological polar surface area (TPSA) is 38.3 Å². The highest BCUT2D eigenvalue weighted by Gasteiger charge is 2.20. The molecule has 0 aromatic heterocycles. The van der Waals surface area contributed by atoms with E-state index in [9.17, 15) is 4.79 Å². The van der Waals surface area contributed by atoms with Crippen molar-refractivity contribution in [2.24, 2.45) is 0 Å². The summed E-state index contributed by atoms with van der Waals surface area (Å²) in [5, 5.41) is 4.43. The molecule has 0 amide bonds. The molecular weight excluding hydrogens is 366 g/mol. The van der Waals surface area contributed by atoms with Gasteiger partial charge in [-0.05, 0) is 80.0 Å². The number of carbonyl (C=O) groups is 1. The van der Waals surface area contributed by atoms with E-state index in [0.717, 1.165) is 22.9 Å². The SMILES string of the molecule is CCOC(=O)Cc1ccc(Nc2cc(SC3CCCC3)cc3c2CCC3)cc1. The number of ether oxygens (including phenoxy) is 1. The van der Waals surface area contributed by atoms with E-state index in [1.807, 2.05) is 19.1 Å². The molecule has 2 aliphatic carbocycles. The van der Waals surface area contributed by atoms with Gasteiger partial charge >= 0.3 is 5.97 Å². The van der Waals surface area contributed by atoms with Gasteiger partial charge in [0.25, 0.3) is 0 Å². The monoisotopic (exact) mass is 395 g/mol. The summed E-state index contributed by atoms with van der Waals surface area (Å²) in [6.07, 6.45) is 9.40. The molecule has 2 aliphatic rings. The Morgan fingerprint density at radius 3 is 2.64 bits per heavy atom. The average molecular weight is 396 g/mol. The number of rotatable bonds is 7. The van der Waals surface area contributed by atoms with E-state index in [0.29, 0.717) is 13.0 Å². The van der Waals surface area contributed by atoms with Crippen molar-refractivity contribution >= 4 is 29.1 Å². The number of thioether (sulfide) groups is 1. The fourth-order valence-corrected chi connectivity index (χ4v) is 5.65. The van der Waals surface area contributed by atoms with E-state index in [-0.39, 0.29) is 5.97 Å². The second-order valence-electron chi connectivity index (χ2n) is 7.79. The van der Waals surface area contributed by atoms with Crippen LogP contribution in [0.5, 0.6) is 0 Å². The number of hydrogen-bond donors (Lipinski definition) is 1. The van der Waals surface area contributed by atoms with Crippen LogP contribution in [0.1, 0.15) is 55.7 Å². The molecule has 0 bridgehead atoms. The lowest BCUT2D eigenvalue weighted by atomic mass is 10.1. The van der Waals surface area contributed by atoms with Crippen LogP contribution in [0.3, 0.4) is 0 Å². The molecule has 0 heterocycles. The van der Waals surface area contributed by atoms with E-state index in [1.54, 1.807) is 0 Å². The van der Waals surface area contributed by atoms with Crippen LogP contribution in [0.2, 0.25) is 0 Å². The summed E-state index contributed by atoms with van der Waals surface area (Å²) in [6, 6.07) is 12.9. The van der Waals surface area contributed by atoms with Crippen molar-refractivity contribution in [1.29, 1.82) is 0 Å². The lowest BCUT2D eigenvalue weighted by molar-refractivity contribution is -0.142. The molecule has 3 nitrogen and oxygen atoms in total. The zero-order valence-electron chi connectivity index (χ0n) is 16.6. The summed E-state index contributed by atoms with van der Waals surface area (Å²) in [5.41, 5.74) is 6.31. The molecule has 2 aromatic carbocycles. The summed E-state index contributed by atoms with van der Waals surface area (Å²) in [4.78, 5) is 13.1. The van der Waals surface area contributed by atoms with Crippen molar-refractivity contribution in [3.05, 3.63) is 53.1 Å². The summed E-state index contributed by atoms with van der Waals surface area (Å²) in [6.45, 7) is 2.27. The van der Waals surface area contributed by atoms with Crippen LogP contribution in [0.4, 0.5) is 11.4 Å². The second kappa shape index (κ2) is 9.04. The summed E-state index contributed by atoms with van der Waals surface area (Å²) in [5.74, 6) is -0.169. The molecule has 1 N–H and O–H groups in total. The number of fused-ring (bicyclic) bond motifs is 1. The first-order valence-corrected chi connectivity index (χ1v) is 11.4. The third-order valence-electron chi connectivity index (χ3n) is 5.68. The van der Waals surface area contributed by atoms with E-state index in [2.05, 4.69) is 41.3 Å². The van der Waals surface area contributed by atoms with E-state index in [4.69, 9.17) is 4.74 Å². The van der Waals surface area contributed by atoms with Gasteiger partial charge in [0.15, 0.2) is 0 Å². The van der Waals surface area contributed by atoms with Crippen LogP contribution < -0.4 is 5.32 Å². The van der Waals surface area contributed by atoms with Gasteiger partial charge in [-0.2, -0.15) is 0 Å². The highest BCUT2D eigenvalue weighted by Crippen LogP contribution is 2.40. The molecule has 0 saturated heterocycles. The van der Waals surface area contributed by atoms with Gasteiger partial charge in [-0.1, -0.05) is 25.0 Å². The average Bonchev–Trinajstić information content (AvgIpc) is 3.35. The largest absolute Gasteiger partial charge is 0.466 e. The van der Waals surface area contributed by atoms with Crippen molar-refractivity contribution in [1.82, 2.24) is 0 Å². The minimum absolute atomic E-state index is 0.169. The Labute approximate surface area is 172 Å². The molecule has 28 heavy (non-hydrogen) atoms. The van der Waals surface area contributed by atoms with Crippen LogP contribution in [-0.4, -0.2) is 17.8 Å². The minimum Gasteiger partial charge on any atom is -0.466 e. The van der Waals surface area contributed by atoms with Gasteiger partial charge in [-0.25, -0.2) is 0 Å². The molecule has 148 valence electrons. The number of aryl methyl sites for hydroxylation is 1. The van der Waals surface area contributed by atoms with Crippen molar-refractivity contribution in [3.63, 3.8) is 0 Å². The standard InChI is InChI=1S/C24H29NO2S/c1-2-27-24(26)14-17-10-12-19(13-11-17)25-23-16-21(28-20-7-3-4-8-20)15-18-6-5-9-22(18)23/h10-13,15-16,20,25H,2-9,14H2,1H3. The van der Waals surface area contributed by atoms with Gasteiger partial charge in [0.2, 0.25) is 0 Å². The molecule has 4 heteroatoms. The van der Waals surface area contributed by atoms with Crippen molar-refractivity contribution < 1.29 is 9.53 Å². The maximum absolute atomic E-state index is 11.7. The Bertz CT molecular complexity index is 825. The van der Waals surface area contributed by atoms with Crippen LogP contribution in [0, 0.1) is 0 Å². The molecule has 0 radical (unpaired) electrons. The van der Waals surface area contributed by atoms with Gasteiger partial charge < -0.3 is 10.1 Å². The van der Waals surface area contributed by atoms with Crippen LogP contribution >= 0.6 is 11.8 Å². The zero-order valence-corrected chi connectivity index (χ0v) is 17.4. The van der Waals surface area contributed by atoms with Crippen molar-refractivity contribution in [2.75, 3.05) is 11.9 Å². The van der Waals surface area contributed by atoms with Crippen LogP contribution in [-0.2, 0) is 28.8 Å². The lowest BCUT2D eigenvalue weighted by Gasteiger charge is -2.16. The molecule has 2 aromatic rings. The van der Waals surface area contributed by atoms with Crippen LogP contribution in [0.25, 0.3) is 0 Å². The quantitative estimate of drug-likeness (QED) is 0.578. The fraction of sp³-hybridized carbons (Fsp3) is 0.458. The predicted molar refractivity (Wildman–Crippen MR) is 117 cm³/mol.